The fourth-order valence-electron chi connectivity index (χ4n) is 2.78. The van der Waals surface area contributed by atoms with Gasteiger partial charge in [-0.2, -0.15) is 0 Å². The van der Waals surface area contributed by atoms with Crippen LogP contribution < -0.4 is 15.1 Å². The van der Waals surface area contributed by atoms with E-state index in [1.165, 1.54) is 16.9 Å². The van der Waals surface area contributed by atoms with E-state index in [4.69, 9.17) is 0 Å². The van der Waals surface area contributed by atoms with Crippen LogP contribution in [0.15, 0.2) is 18.2 Å². The Bertz CT molecular complexity index is 442. The van der Waals surface area contributed by atoms with Gasteiger partial charge in [-0.1, -0.05) is 13.0 Å². The molecule has 0 bridgehead atoms. The highest BCUT2D eigenvalue weighted by atomic mass is 15.2. The molecule has 106 valence electrons. The van der Waals surface area contributed by atoms with Crippen molar-refractivity contribution in [3.05, 3.63) is 23.8 Å². The van der Waals surface area contributed by atoms with Gasteiger partial charge in [0.1, 0.15) is 0 Å². The zero-order chi connectivity index (χ0) is 14.0. The lowest BCUT2D eigenvalue weighted by atomic mass is 9.95. The van der Waals surface area contributed by atoms with Gasteiger partial charge in [0.2, 0.25) is 0 Å². The van der Waals surface area contributed by atoms with Crippen molar-refractivity contribution < 1.29 is 0 Å². The SMILES string of the molecule is CCC1(C)CN(c2ccc(C)c(N(C)C)c2)CCN1. The number of rotatable bonds is 3. The first-order chi connectivity index (χ1) is 8.95. The maximum absolute atomic E-state index is 3.64. The molecule has 1 aromatic rings. The average Bonchev–Trinajstić information content (AvgIpc) is 2.39. The Morgan fingerprint density at radius 3 is 2.74 bits per heavy atom. The number of piperazine rings is 1. The first kappa shape index (κ1) is 14.2. The Morgan fingerprint density at radius 1 is 1.37 bits per heavy atom. The van der Waals surface area contributed by atoms with Gasteiger partial charge in [0.25, 0.3) is 0 Å². The average molecular weight is 261 g/mol. The van der Waals surface area contributed by atoms with E-state index in [1.54, 1.807) is 0 Å². The predicted molar refractivity (Wildman–Crippen MR) is 84.4 cm³/mol. The smallest absolute Gasteiger partial charge is 0.0411 e. The molecule has 2 rings (SSSR count). The van der Waals surface area contributed by atoms with Crippen molar-refractivity contribution in [1.29, 1.82) is 0 Å². The standard InChI is InChI=1S/C16H27N3/c1-6-16(3)12-19(10-9-17-16)14-8-7-13(2)15(11-14)18(4)5/h7-8,11,17H,6,9-10,12H2,1-5H3. The summed E-state index contributed by atoms with van der Waals surface area (Å²) in [5.41, 5.74) is 4.23. The van der Waals surface area contributed by atoms with Gasteiger partial charge in [-0.05, 0) is 38.0 Å². The lowest BCUT2D eigenvalue weighted by Gasteiger charge is -2.42. The van der Waals surface area contributed by atoms with Crippen LogP contribution in [-0.2, 0) is 0 Å². The fourth-order valence-corrected chi connectivity index (χ4v) is 2.78. The van der Waals surface area contributed by atoms with Crippen molar-refractivity contribution in [2.75, 3.05) is 43.5 Å². The maximum atomic E-state index is 3.64. The molecule has 1 N–H and O–H groups in total. The second kappa shape index (κ2) is 5.41. The molecule has 1 aromatic carbocycles. The molecule has 0 spiro atoms. The van der Waals surface area contributed by atoms with E-state index in [9.17, 15) is 0 Å². The summed E-state index contributed by atoms with van der Waals surface area (Å²) in [7, 11) is 4.22. The lowest BCUT2D eigenvalue weighted by Crippen LogP contribution is -2.58. The molecule has 19 heavy (non-hydrogen) atoms. The summed E-state index contributed by atoms with van der Waals surface area (Å²) in [6, 6.07) is 6.80. The van der Waals surface area contributed by atoms with Gasteiger partial charge in [0, 0.05) is 50.6 Å². The third-order valence-corrected chi connectivity index (χ3v) is 4.29. The van der Waals surface area contributed by atoms with E-state index >= 15 is 0 Å². The van der Waals surface area contributed by atoms with Crippen LogP contribution in [0.5, 0.6) is 0 Å². The van der Waals surface area contributed by atoms with Crippen LogP contribution in [0, 0.1) is 6.92 Å². The first-order valence-electron chi connectivity index (χ1n) is 7.23. The third kappa shape index (κ3) is 3.03. The molecular formula is C16H27N3. The number of aryl methyl sites for hydroxylation is 1. The van der Waals surface area contributed by atoms with Crippen molar-refractivity contribution in [3.8, 4) is 0 Å². The third-order valence-electron chi connectivity index (χ3n) is 4.29. The number of hydrogen-bond acceptors (Lipinski definition) is 3. The molecule has 3 nitrogen and oxygen atoms in total. The fraction of sp³-hybridized carbons (Fsp3) is 0.625. The molecule has 0 saturated carbocycles. The van der Waals surface area contributed by atoms with Gasteiger partial charge in [0.15, 0.2) is 0 Å². The molecule has 1 aliphatic rings. The number of nitrogens with zero attached hydrogens (tertiary/aromatic N) is 2. The molecular weight excluding hydrogens is 234 g/mol. The van der Waals surface area contributed by atoms with Crippen LogP contribution in [0.3, 0.4) is 0 Å². The van der Waals surface area contributed by atoms with Gasteiger partial charge in [0.05, 0.1) is 0 Å². The largest absolute Gasteiger partial charge is 0.377 e. The van der Waals surface area contributed by atoms with Crippen LogP contribution in [0.25, 0.3) is 0 Å². The van der Waals surface area contributed by atoms with E-state index < -0.39 is 0 Å². The van der Waals surface area contributed by atoms with Gasteiger partial charge in [-0.25, -0.2) is 0 Å². The maximum Gasteiger partial charge on any atom is 0.0411 e. The summed E-state index contributed by atoms with van der Waals surface area (Å²) >= 11 is 0. The van der Waals surface area contributed by atoms with E-state index in [2.05, 4.69) is 68.2 Å². The minimum atomic E-state index is 0.238. The van der Waals surface area contributed by atoms with Gasteiger partial charge >= 0.3 is 0 Å². The molecule has 1 saturated heterocycles. The van der Waals surface area contributed by atoms with Crippen molar-refractivity contribution in [1.82, 2.24) is 5.32 Å². The Morgan fingerprint density at radius 2 is 2.11 bits per heavy atom. The van der Waals surface area contributed by atoms with Gasteiger partial charge in [-0.3, -0.25) is 0 Å². The highest BCUT2D eigenvalue weighted by molar-refractivity contribution is 5.63. The Kier molecular flexibility index (Phi) is 4.04. The molecule has 0 radical (unpaired) electrons. The first-order valence-corrected chi connectivity index (χ1v) is 7.23. The van der Waals surface area contributed by atoms with Crippen LogP contribution in [-0.4, -0.2) is 39.3 Å². The van der Waals surface area contributed by atoms with E-state index in [1.807, 2.05) is 0 Å². The van der Waals surface area contributed by atoms with E-state index in [0.717, 1.165) is 26.1 Å². The second-order valence-corrected chi connectivity index (χ2v) is 6.13. The van der Waals surface area contributed by atoms with Crippen LogP contribution in [0.1, 0.15) is 25.8 Å². The Hall–Kier alpha value is -1.22. The highest BCUT2D eigenvalue weighted by Crippen LogP contribution is 2.27. The van der Waals surface area contributed by atoms with Crippen molar-refractivity contribution in [3.63, 3.8) is 0 Å². The summed E-state index contributed by atoms with van der Waals surface area (Å²) in [6.45, 7) is 9.99. The number of anilines is 2. The summed E-state index contributed by atoms with van der Waals surface area (Å²) in [5, 5.41) is 3.64. The minimum Gasteiger partial charge on any atom is -0.377 e. The zero-order valence-corrected chi connectivity index (χ0v) is 13.0. The minimum absolute atomic E-state index is 0.238. The van der Waals surface area contributed by atoms with Crippen molar-refractivity contribution >= 4 is 11.4 Å². The van der Waals surface area contributed by atoms with E-state index in [-0.39, 0.29) is 5.54 Å². The van der Waals surface area contributed by atoms with Gasteiger partial charge in [-0.15, -0.1) is 0 Å². The van der Waals surface area contributed by atoms with Gasteiger partial charge < -0.3 is 15.1 Å². The summed E-state index contributed by atoms with van der Waals surface area (Å²) < 4.78 is 0. The Labute approximate surface area is 117 Å². The number of hydrogen-bond donors (Lipinski definition) is 1. The molecule has 0 aromatic heterocycles. The second-order valence-electron chi connectivity index (χ2n) is 6.13. The van der Waals surface area contributed by atoms with Crippen LogP contribution in [0.2, 0.25) is 0 Å². The molecule has 1 unspecified atom stereocenters. The summed E-state index contributed by atoms with van der Waals surface area (Å²) in [6.07, 6.45) is 1.16. The molecule has 0 aliphatic carbocycles. The number of nitrogens with one attached hydrogen (secondary N) is 1. The molecule has 1 atom stereocenters. The molecule has 1 heterocycles. The topological polar surface area (TPSA) is 18.5 Å². The lowest BCUT2D eigenvalue weighted by molar-refractivity contribution is 0.314. The predicted octanol–water partition coefficient (Wildman–Crippen LogP) is 2.64. The normalized spacial score (nSPS) is 23.5. The Balaban J connectivity index is 2.24. The highest BCUT2D eigenvalue weighted by Gasteiger charge is 2.28. The zero-order valence-electron chi connectivity index (χ0n) is 13.0. The molecule has 0 amide bonds. The molecule has 3 heteroatoms. The summed E-state index contributed by atoms with van der Waals surface area (Å²) in [4.78, 5) is 4.70. The summed E-state index contributed by atoms with van der Waals surface area (Å²) in [5.74, 6) is 0. The van der Waals surface area contributed by atoms with Crippen LogP contribution >= 0.6 is 0 Å². The van der Waals surface area contributed by atoms with Crippen LogP contribution in [0.4, 0.5) is 11.4 Å². The van der Waals surface area contributed by atoms with Crippen molar-refractivity contribution in [2.24, 2.45) is 0 Å². The molecule has 1 fully saturated rings. The number of benzene rings is 1. The molecule has 1 aliphatic heterocycles. The van der Waals surface area contributed by atoms with E-state index in [0.29, 0.717) is 0 Å². The quantitative estimate of drug-likeness (QED) is 0.902. The van der Waals surface area contributed by atoms with Crippen molar-refractivity contribution in [2.45, 2.75) is 32.7 Å². The monoisotopic (exact) mass is 261 g/mol.